The second-order valence-corrected chi connectivity index (χ2v) is 10.9. The largest absolute Gasteiger partial charge is 0.390 e. The summed E-state index contributed by atoms with van der Waals surface area (Å²) in [4.78, 5) is 20.9. The standard InChI is InChI=1S/C26H35FN6O3/c1-25(2,35)16-7-9-17(10-8-16)31-24-19(22(28)34)14-30-23-18(12-20(27)26(3,4)36)21(32-33(23)24)15-6-5-11-29-13-15/h5-6,11,13-14,16-17,20,31,35-36H,7-10,12H2,1-4H3,(H2,28,34)/t16?,17?,20-/m1/s1. The fraction of sp³-hybridized carbons (Fsp3) is 0.538. The van der Waals surface area contributed by atoms with Crippen molar-refractivity contribution in [1.29, 1.82) is 0 Å². The molecule has 4 rings (SSSR count). The lowest BCUT2D eigenvalue weighted by Gasteiger charge is -2.36. The molecule has 3 aromatic rings. The summed E-state index contributed by atoms with van der Waals surface area (Å²) in [6, 6.07) is 3.61. The van der Waals surface area contributed by atoms with Crippen molar-refractivity contribution in [1.82, 2.24) is 19.6 Å². The number of fused-ring (bicyclic) bond motifs is 1. The molecule has 36 heavy (non-hydrogen) atoms. The highest BCUT2D eigenvalue weighted by Gasteiger charge is 2.33. The van der Waals surface area contributed by atoms with E-state index in [0.717, 1.165) is 25.7 Å². The third kappa shape index (κ3) is 5.34. The Kier molecular flexibility index (Phi) is 7.03. The van der Waals surface area contributed by atoms with Crippen LogP contribution in [0.4, 0.5) is 10.2 Å². The Bertz CT molecular complexity index is 1220. The first-order valence-corrected chi connectivity index (χ1v) is 12.3. The zero-order valence-corrected chi connectivity index (χ0v) is 21.2. The van der Waals surface area contributed by atoms with Crippen LogP contribution in [-0.4, -0.2) is 59.1 Å². The molecule has 0 unspecified atom stereocenters. The van der Waals surface area contributed by atoms with Crippen LogP contribution >= 0.6 is 0 Å². The first kappa shape index (κ1) is 26.0. The Balaban J connectivity index is 1.79. The number of aliphatic hydroxyl groups is 2. The van der Waals surface area contributed by atoms with Crippen molar-refractivity contribution in [3.63, 3.8) is 0 Å². The van der Waals surface area contributed by atoms with Gasteiger partial charge in [0.25, 0.3) is 5.91 Å². The number of carbonyl (C=O) groups is 1. The molecule has 3 aromatic heterocycles. The van der Waals surface area contributed by atoms with Crippen LogP contribution in [-0.2, 0) is 6.42 Å². The van der Waals surface area contributed by atoms with Crippen LogP contribution in [0.1, 0.15) is 69.3 Å². The van der Waals surface area contributed by atoms with E-state index in [1.54, 1.807) is 18.5 Å². The van der Waals surface area contributed by atoms with E-state index in [1.165, 1.54) is 24.6 Å². The number of alkyl halides is 1. The molecule has 0 saturated heterocycles. The lowest BCUT2D eigenvalue weighted by Crippen LogP contribution is -2.37. The molecule has 0 aliphatic heterocycles. The number of nitrogens with one attached hydrogen (secondary N) is 1. The van der Waals surface area contributed by atoms with Gasteiger partial charge in [-0.3, -0.25) is 9.78 Å². The second-order valence-electron chi connectivity index (χ2n) is 10.9. The van der Waals surface area contributed by atoms with Crippen LogP contribution < -0.4 is 11.1 Å². The Labute approximate surface area is 210 Å². The summed E-state index contributed by atoms with van der Waals surface area (Å²) in [7, 11) is 0. The smallest absolute Gasteiger partial charge is 0.254 e. The minimum Gasteiger partial charge on any atom is -0.390 e. The van der Waals surface area contributed by atoms with Crippen molar-refractivity contribution < 1.29 is 19.4 Å². The van der Waals surface area contributed by atoms with Gasteiger partial charge in [-0.25, -0.2) is 9.37 Å². The Morgan fingerprint density at radius 1 is 1.22 bits per heavy atom. The molecule has 1 amide bonds. The number of nitrogens with two attached hydrogens (primary N) is 1. The predicted octanol–water partition coefficient (Wildman–Crippen LogP) is 3.28. The Hall–Kier alpha value is -3.11. The molecule has 9 nitrogen and oxygen atoms in total. The van der Waals surface area contributed by atoms with E-state index in [9.17, 15) is 15.0 Å². The molecule has 0 radical (unpaired) electrons. The third-order valence-corrected chi connectivity index (χ3v) is 7.16. The van der Waals surface area contributed by atoms with Gasteiger partial charge in [0.2, 0.25) is 0 Å². The van der Waals surface area contributed by atoms with Crippen LogP contribution in [0.2, 0.25) is 0 Å². The van der Waals surface area contributed by atoms with E-state index < -0.39 is 23.3 Å². The normalized spacial score (nSPS) is 19.9. The first-order valence-electron chi connectivity index (χ1n) is 12.3. The SMILES string of the molecule is CC(C)(O)C1CCC(Nc2c(C(N)=O)cnc3c(C[C@@H](F)C(C)(C)O)c(-c4cccnc4)nn23)CC1. The summed E-state index contributed by atoms with van der Waals surface area (Å²) in [6.45, 7) is 6.51. The minimum atomic E-state index is -1.58. The van der Waals surface area contributed by atoms with Crippen LogP contribution in [0.25, 0.3) is 16.9 Å². The van der Waals surface area contributed by atoms with E-state index in [1.807, 2.05) is 19.9 Å². The first-order chi connectivity index (χ1) is 16.9. The number of hydrogen-bond acceptors (Lipinski definition) is 7. The number of pyridine rings is 1. The lowest BCUT2D eigenvalue weighted by molar-refractivity contribution is -0.00246. The van der Waals surface area contributed by atoms with E-state index in [2.05, 4.69) is 15.3 Å². The van der Waals surface area contributed by atoms with Crippen LogP contribution in [0.5, 0.6) is 0 Å². The quantitative estimate of drug-likeness (QED) is 0.374. The molecule has 0 spiro atoms. The molecule has 10 heteroatoms. The molecular weight excluding hydrogens is 463 g/mol. The van der Waals surface area contributed by atoms with Crippen molar-refractivity contribution in [2.24, 2.45) is 11.7 Å². The van der Waals surface area contributed by atoms with Gasteiger partial charge >= 0.3 is 0 Å². The highest BCUT2D eigenvalue weighted by Crippen LogP contribution is 2.35. The van der Waals surface area contributed by atoms with E-state index in [0.29, 0.717) is 28.3 Å². The van der Waals surface area contributed by atoms with Crippen LogP contribution in [0.15, 0.2) is 30.7 Å². The van der Waals surface area contributed by atoms with Gasteiger partial charge in [-0.1, -0.05) is 0 Å². The van der Waals surface area contributed by atoms with Crippen molar-refractivity contribution >= 4 is 17.4 Å². The highest BCUT2D eigenvalue weighted by molar-refractivity contribution is 5.98. The fourth-order valence-electron chi connectivity index (χ4n) is 4.84. The number of hydrogen-bond donors (Lipinski definition) is 4. The van der Waals surface area contributed by atoms with Gasteiger partial charge in [-0.2, -0.15) is 9.61 Å². The van der Waals surface area contributed by atoms with Crippen molar-refractivity contribution in [3.05, 3.63) is 41.9 Å². The van der Waals surface area contributed by atoms with Crippen molar-refractivity contribution in [3.8, 4) is 11.3 Å². The monoisotopic (exact) mass is 498 g/mol. The molecule has 1 aliphatic carbocycles. The van der Waals surface area contributed by atoms with Crippen molar-refractivity contribution in [2.75, 3.05) is 5.32 Å². The van der Waals surface area contributed by atoms with E-state index in [4.69, 9.17) is 10.8 Å². The molecular formula is C26H35FN6O3. The summed E-state index contributed by atoms with van der Waals surface area (Å²) >= 11 is 0. The highest BCUT2D eigenvalue weighted by atomic mass is 19.1. The summed E-state index contributed by atoms with van der Waals surface area (Å²) in [6.07, 6.45) is 6.21. The van der Waals surface area contributed by atoms with Gasteiger partial charge in [0.1, 0.15) is 12.0 Å². The van der Waals surface area contributed by atoms with Gasteiger partial charge in [0.05, 0.1) is 22.5 Å². The number of halogens is 1. The molecule has 1 aliphatic rings. The maximum Gasteiger partial charge on any atom is 0.254 e. The number of aromatic nitrogens is 4. The molecule has 0 aromatic carbocycles. The Morgan fingerprint density at radius 2 is 1.92 bits per heavy atom. The second kappa shape index (κ2) is 9.74. The van der Waals surface area contributed by atoms with Gasteiger partial charge in [-0.15, -0.1) is 0 Å². The number of nitrogens with zero attached hydrogens (tertiary/aromatic N) is 4. The van der Waals surface area contributed by atoms with Gasteiger partial charge < -0.3 is 21.3 Å². The lowest BCUT2D eigenvalue weighted by atomic mass is 9.77. The number of amides is 1. The summed E-state index contributed by atoms with van der Waals surface area (Å²) in [5, 5.41) is 28.8. The van der Waals surface area contributed by atoms with Gasteiger partial charge in [0, 0.05) is 42.2 Å². The average Bonchev–Trinajstić information content (AvgIpc) is 3.17. The topological polar surface area (TPSA) is 139 Å². The summed E-state index contributed by atoms with van der Waals surface area (Å²) in [5.74, 6) is -0.0633. The van der Waals surface area contributed by atoms with E-state index in [-0.39, 0.29) is 23.9 Å². The molecule has 0 bridgehead atoms. The third-order valence-electron chi connectivity index (χ3n) is 7.16. The molecule has 1 atom stereocenters. The minimum absolute atomic E-state index is 0.0343. The number of anilines is 1. The average molecular weight is 499 g/mol. The zero-order valence-electron chi connectivity index (χ0n) is 21.2. The predicted molar refractivity (Wildman–Crippen MR) is 135 cm³/mol. The van der Waals surface area contributed by atoms with Crippen LogP contribution in [0, 0.1) is 5.92 Å². The number of primary amides is 1. The number of rotatable bonds is 8. The molecule has 5 N–H and O–H groups in total. The van der Waals surface area contributed by atoms with Gasteiger partial charge in [0.15, 0.2) is 5.65 Å². The fourth-order valence-corrected chi connectivity index (χ4v) is 4.84. The van der Waals surface area contributed by atoms with Gasteiger partial charge in [-0.05, 0) is 71.4 Å². The molecule has 1 saturated carbocycles. The van der Waals surface area contributed by atoms with Crippen molar-refractivity contribution in [2.45, 2.75) is 83.2 Å². The molecule has 1 fully saturated rings. The zero-order chi connectivity index (χ0) is 26.3. The molecule has 3 heterocycles. The Morgan fingerprint density at radius 3 is 2.47 bits per heavy atom. The summed E-state index contributed by atoms with van der Waals surface area (Å²) in [5.41, 5.74) is 5.57. The maximum absolute atomic E-state index is 15.1. The molecule has 194 valence electrons. The number of carbonyl (C=O) groups excluding carboxylic acids is 1. The summed E-state index contributed by atoms with van der Waals surface area (Å²) < 4.78 is 16.6. The maximum atomic E-state index is 15.1. The van der Waals surface area contributed by atoms with E-state index >= 15 is 4.39 Å². The van der Waals surface area contributed by atoms with Crippen LogP contribution in [0.3, 0.4) is 0 Å².